The lowest BCUT2D eigenvalue weighted by molar-refractivity contribution is -0.123. The van der Waals surface area contributed by atoms with Crippen LogP contribution in [-0.2, 0) is 4.79 Å². The predicted molar refractivity (Wildman–Crippen MR) is 87.0 cm³/mol. The number of amides is 1. The molecule has 2 atom stereocenters. The van der Waals surface area contributed by atoms with E-state index >= 15 is 0 Å². The van der Waals surface area contributed by atoms with Crippen LogP contribution >= 0.6 is 0 Å². The number of rotatable bonds is 6. The van der Waals surface area contributed by atoms with E-state index in [1.807, 2.05) is 0 Å². The van der Waals surface area contributed by atoms with Gasteiger partial charge in [-0.1, -0.05) is 11.6 Å². The fourth-order valence-corrected chi connectivity index (χ4v) is 3.41. The van der Waals surface area contributed by atoms with E-state index in [0.717, 1.165) is 32.5 Å². The maximum atomic E-state index is 12.1. The Balaban J connectivity index is 1.67. The third-order valence-corrected chi connectivity index (χ3v) is 4.94. The number of nitrogens with one attached hydrogen (secondary N) is 1. The second-order valence-electron chi connectivity index (χ2n) is 6.67. The van der Waals surface area contributed by atoms with E-state index < -0.39 is 0 Å². The maximum absolute atomic E-state index is 12.1. The molecule has 0 saturated carbocycles. The fraction of sp³-hybridized carbons (Fsp3) is 0.824. The second kappa shape index (κ2) is 8.54. The Morgan fingerprint density at radius 3 is 3.00 bits per heavy atom. The molecule has 0 radical (unpaired) electrons. The molecule has 0 aromatic carbocycles. The molecule has 4 heteroatoms. The van der Waals surface area contributed by atoms with Crippen molar-refractivity contribution < 1.29 is 4.79 Å². The molecular formula is C17H31N3O. The number of likely N-dealkylation sites (tertiary alicyclic amines) is 1. The molecule has 4 nitrogen and oxygen atoms in total. The number of carbonyl (C=O) groups excluding carboxylic acids is 1. The van der Waals surface area contributed by atoms with Crippen molar-refractivity contribution in [2.24, 2.45) is 11.7 Å². The Kier molecular flexibility index (Phi) is 6.71. The molecule has 0 spiro atoms. The van der Waals surface area contributed by atoms with Crippen LogP contribution in [-0.4, -0.2) is 43.0 Å². The van der Waals surface area contributed by atoms with Gasteiger partial charge in [0.25, 0.3) is 0 Å². The van der Waals surface area contributed by atoms with Crippen LogP contribution < -0.4 is 11.1 Å². The van der Waals surface area contributed by atoms with Gasteiger partial charge in [0.05, 0.1) is 6.54 Å². The molecule has 21 heavy (non-hydrogen) atoms. The van der Waals surface area contributed by atoms with E-state index in [1.54, 1.807) is 0 Å². The Hall–Kier alpha value is -0.870. The van der Waals surface area contributed by atoms with Gasteiger partial charge in [0.15, 0.2) is 0 Å². The Morgan fingerprint density at radius 1 is 1.43 bits per heavy atom. The molecular weight excluding hydrogens is 262 g/mol. The first-order valence-corrected chi connectivity index (χ1v) is 8.57. The van der Waals surface area contributed by atoms with Crippen molar-refractivity contribution in [2.75, 3.05) is 26.2 Å². The van der Waals surface area contributed by atoms with Crippen molar-refractivity contribution in [3.05, 3.63) is 11.6 Å². The summed E-state index contributed by atoms with van der Waals surface area (Å²) in [7, 11) is 0. The minimum absolute atomic E-state index is 0.163. The zero-order valence-electron chi connectivity index (χ0n) is 13.4. The number of hydrogen-bond donors (Lipinski definition) is 2. The second-order valence-corrected chi connectivity index (χ2v) is 6.67. The van der Waals surface area contributed by atoms with Crippen LogP contribution in [0.1, 0.15) is 51.9 Å². The summed E-state index contributed by atoms with van der Waals surface area (Å²) in [5.74, 6) is 0.720. The van der Waals surface area contributed by atoms with Crippen LogP contribution in [0.25, 0.3) is 0 Å². The smallest absolute Gasteiger partial charge is 0.234 e. The highest BCUT2D eigenvalue weighted by molar-refractivity contribution is 5.78. The number of nitrogens with zero attached hydrogens (tertiary/aromatic N) is 1. The fourth-order valence-electron chi connectivity index (χ4n) is 3.41. The number of piperidine rings is 1. The Bertz CT molecular complexity index is 367. The van der Waals surface area contributed by atoms with Gasteiger partial charge in [0.1, 0.15) is 0 Å². The highest BCUT2D eigenvalue weighted by Crippen LogP contribution is 2.21. The molecule has 1 heterocycles. The van der Waals surface area contributed by atoms with Crippen LogP contribution in [0.15, 0.2) is 11.6 Å². The van der Waals surface area contributed by atoms with Crippen LogP contribution in [0, 0.1) is 5.92 Å². The standard InChI is InChI=1S/C17H31N3O/c1-14-7-8-16(11-18)12-20(14)13-17(21)19-10-9-15-5-3-2-4-6-15/h5,14,16H,2-4,6-13,18H2,1H3,(H,19,21). The number of hydrogen-bond acceptors (Lipinski definition) is 3. The molecule has 1 aliphatic heterocycles. The Labute approximate surface area is 129 Å². The van der Waals surface area contributed by atoms with Crippen molar-refractivity contribution in [1.29, 1.82) is 0 Å². The molecule has 2 rings (SSSR count). The largest absolute Gasteiger partial charge is 0.355 e. The van der Waals surface area contributed by atoms with E-state index in [9.17, 15) is 4.79 Å². The van der Waals surface area contributed by atoms with Crippen LogP contribution in [0.2, 0.25) is 0 Å². The molecule has 0 aromatic rings. The minimum atomic E-state index is 0.163. The van der Waals surface area contributed by atoms with Crippen LogP contribution in [0.3, 0.4) is 0 Å². The molecule has 3 N–H and O–H groups in total. The van der Waals surface area contributed by atoms with Crippen LogP contribution in [0.4, 0.5) is 0 Å². The molecule has 120 valence electrons. The summed E-state index contributed by atoms with van der Waals surface area (Å²) in [6.45, 7) is 5.23. The van der Waals surface area contributed by atoms with E-state index in [0.29, 0.717) is 18.5 Å². The summed E-state index contributed by atoms with van der Waals surface area (Å²) < 4.78 is 0. The van der Waals surface area contributed by atoms with Crippen molar-refractivity contribution in [1.82, 2.24) is 10.2 Å². The Morgan fingerprint density at radius 2 is 2.29 bits per heavy atom. The van der Waals surface area contributed by atoms with Crippen molar-refractivity contribution in [2.45, 2.75) is 57.9 Å². The molecule has 1 saturated heterocycles. The van der Waals surface area contributed by atoms with Gasteiger partial charge in [0.2, 0.25) is 5.91 Å². The molecule has 1 fully saturated rings. The lowest BCUT2D eigenvalue weighted by Crippen LogP contribution is -2.48. The molecule has 1 aliphatic carbocycles. The molecule has 0 aromatic heterocycles. The maximum Gasteiger partial charge on any atom is 0.234 e. The molecule has 1 amide bonds. The lowest BCUT2D eigenvalue weighted by atomic mass is 9.93. The first-order chi connectivity index (χ1) is 10.2. The van der Waals surface area contributed by atoms with Crippen molar-refractivity contribution in [3.63, 3.8) is 0 Å². The van der Waals surface area contributed by atoms with E-state index in [4.69, 9.17) is 5.73 Å². The van der Waals surface area contributed by atoms with Gasteiger partial charge < -0.3 is 11.1 Å². The van der Waals surface area contributed by atoms with E-state index in [1.165, 1.54) is 37.7 Å². The van der Waals surface area contributed by atoms with Gasteiger partial charge in [0, 0.05) is 19.1 Å². The van der Waals surface area contributed by atoms with Gasteiger partial charge in [-0.2, -0.15) is 0 Å². The lowest BCUT2D eigenvalue weighted by Gasteiger charge is -2.37. The summed E-state index contributed by atoms with van der Waals surface area (Å²) >= 11 is 0. The van der Waals surface area contributed by atoms with E-state index in [2.05, 4.69) is 23.2 Å². The van der Waals surface area contributed by atoms with E-state index in [-0.39, 0.29) is 5.91 Å². The number of allylic oxidation sites excluding steroid dienone is 1. The van der Waals surface area contributed by atoms with Crippen molar-refractivity contribution in [3.8, 4) is 0 Å². The molecule has 2 unspecified atom stereocenters. The first kappa shape index (κ1) is 16.5. The van der Waals surface area contributed by atoms with Gasteiger partial charge in [-0.15, -0.1) is 0 Å². The average Bonchev–Trinajstić information content (AvgIpc) is 2.50. The monoisotopic (exact) mass is 293 g/mol. The third kappa shape index (κ3) is 5.44. The minimum Gasteiger partial charge on any atom is -0.355 e. The summed E-state index contributed by atoms with van der Waals surface area (Å²) in [6, 6.07) is 0.500. The molecule has 2 aliphatic rings. The SMILES string of the molecule is CC1CCC(CN)CN1CC(=O)NCCC1=CCCCC1. The zero-order chi connectivity index (χ0) is 15.1. The first-order valence-electron chi connectivity index (χ1n) is 8.57. The highest BCUT2D eigenvalue weighted by Gasteiger charge is 2.25. The van der Waals surface area contributed by atoms with Gasteiger partial charge in [-0.05, 0) is 64.3 Å². The van der Waals surface area contributed by atoms with Gasteiger partial charge >= 0.3 is 0 Å². The summed E-state index contributed by atoms with van der Waals surface area (Å²) in [4.78, 5) is 14.4. The topological polar surface area (TPSA) is 58.4 Å². The average molecular weight is 293 g/mol. The quantitative estimate of drug-likeness (QED) is 0.737. The van der Waals surface area contributed by atoms with Crippen LogP contribution in [0.5, 0.6) is 0 Å². The predicted octanol–water partition coefficient (Wildman–Crippen LogP) is 2.05. The summed E-state index contributed by atoms with van der Waals surface area (Å²) in [5, 5.41) is 3.08. The number of nitrogens with two attached hydrogens (primary N) is 1. The summed E-state index contributed by atoms with van der Waals surface area (Å²) in [5.41, 5.74) is 7.30. The van der Waals surface area contributed by atoms with Gasteiger partial charge in [-0.3, -0.25) is 9.69 Å². The summed E-state index contributed by atoms with van der Waals surface area (Å²) in [6.07, 6.45) is 10.8. The van der Waals surface area contributed by atoms with Crippen molar-refractivity contribution >= 4 is 5.91 Å². The zero-order valence-corrected chi connectivity index (χ0v) is 13.4. The molecule has 0 bridgehead atoms. The normalized spacial score (nSPS) is 27.2. The van der Waals surface area contributed by atoms with Gasteiger partial charge in [-0.25, -0.2) is 0 Å². The number of carbonyl (C=O) groups is 1. The highest BCUT2D eigenvalue weighted by atomic mass is 16.2. The third-order valence-electron chi connectivity index (χ3n) is 4.94.